The summed E-state index contributed by atoms with van der Waals surface area (Å²) in [5.74, 6) is -1.49. The summed E-state index contributed by atoms with van der Waals surface area (Å²) in [6.07, 6.45) is 0.898. The molecule has 134 valence electrons. The van der Waals surface area contributed by atoms with Gasteiger partial charge in [0.05, 0.1) is 13.2 Å². The Kier molecular flexibility index (Phi) is 4.34. The van der Waals surface area contributed by atoms with E-state index in [-0.39, 0.29) is 19.3 Å². The Hall–Kier alpha value is -2.51. The predicted molar refractivity (Wildman–Crippen MR) is 97.2 cm³/mol. The van der Waals surface area contributed by atoms with Crippen molar-refractivity contribution in [2.45, 2.75) is 25.9 Å². The van der Waals surface area contributed by atoms with Crippen molar-refractivity contribution in [1.82, 2.24) is 14.7 Å². The summed E-state index contributed by atoms with van der Waals surface area (Å²) >= 11 is 1.74. The van der Waals surface area contributed by atoms with E-state index in [4.69, 9.17) is 0 Å². The van der Waals surface area contributed by atoms with Crippen molar-refractivity contribution in [3.05, 3.63) is 57.8 Å². The first-order valence-electron chi connectivity index (χ1n) is 8.58. The summed E-state index contributed by atoms with van der Waals surface area (Å²) in [4.78, 5) is 42.9. The molecule has 1 atom stereocenters. The van der Waals surface area contributed by atoms with E-state index in [0.29, 0.717) is 0 Å². The summed E-state index contributed by atoms with van der Waals surface area (Å²) in [5, 5.41) is 2.07. The number of imide groups is 2. The van der Waals surface area contributed by atoms with Gasteiger partial charge in [-0.05, 0) is 35.9 Å². The molecule has 0 radical (unpaired) electrons. The lowest BCUT2D eigenvalue weighted by atomic mass is 10.0. The first kappa shape index (κ1) is 16.9. The van der Waals surface area contributed by atoms with Crippen LogP contribution >= 0.6 is 11.3 Å². The van der Waals surface area contributed by atoms with E-state index in [1.807, 2.05) is 30.3 Å². The molecule has 0 N–H and O–H groups in total. The standard InChI is InChI=1S/C19H19N3O3S/c1-13-15-8-10-26-16(15)7-9-20(13)12-22-18(24)17(23)21(19(22)25)11-14-5-3-2-4-6-14/h2-6,8,10,13H,7,9,11-12H2,1H3/t13-/m1/s1. The van der Waals surface area contributed by atoms with Crippen LogP contribution < -0.4 is 0 Å². The molecule has 2 aromatic rings. The lowest BCUT2D eigenvalue weighted by Gasteiger charge is -2.35. The van der Waals surface area contributed by atoms with E-state index in [0.717, 1.165) is 28.3 Å². The van der Waals surface area contributed by atoms with Crippen molar-refractivity contribution in [3.8, 4) is 0 Å². The third-order valence-electron chi connectivity index (χ3n) is 5.05. The highest BCUT2D eigenvalue weighted by Gasteiger charge is 2.45. The molecule has 1 saturated heterocycles. The molecular weight excluding hydrogens is 350 g/mol. The monoisotopic (exact) mass is 369 g/mol. The van der Waals surface area contributed by atoms with E-state index in [1.165, 1.54) is 10.4 Å². The summed E-state index contributed by atoms with van der Waals surface area (Å²) in [6.45, 7) is 3.09. The van der Waals surface area contributed by atoms with Gasteiger partial charge in [0.15, 0.2) is 0 Å². The molecule has 3 heterocycles. The summed E-state index contributed by atoms with van der Waals surface area (Å²) < 4.78 is 0. The average Bonchev–Trinajstić information content (AvgIpc) is 3.20. The highest BCUT2D eigenvalue weighted by atomic mass is 32.1. The van der Waals surface area contributed by atoms with Gasteiger partial charge in [-0.1, -0.05) is 30.3 Å². The molecule has 1 fully saturated rings. The van der Waals surface area contributed by atoms with Gasteiger partial charge in [-0.2, -0.15) is 0 Å². The Bertz CT molecular complexity index is 864. The van der Waals surface area contributed by atoms with Crippen LogP contribution in [0.4, 0.5) is 4.79 Å². The zero-order chi connectivity index (χ0) is 18.3. The van der Waals surface area contributed by atoms with Crippen LogP contribution in [0.25, 0.3) is 0 Å². The van der Waals surface area contributed by atoms with Gasteiger partial charge in [0.1, 0.15) is 0 Å². The Morgan fingerprint density at radius 2 is 1.77 bits per heavy atom. The van der Waals surface area contributed by atoms with Crippen molar-refractivity contribution in [2.24, 2.45) is 0 Å². The molecule has 2 aliphatic rings. The molecule has 1 aromatic heterocycles. The summed E-state index contributed by atoms with van der Waals surface area (Å²) in [7, 11) is 0. The van der Waals surface area contributed by atoms with Crippen LogP contribution in [0.3, 0.4) is 0 Å². The smallest absolute Gasteiger partial charge is 0.278 e. The van der Waals surface area contributed by atoms with Crippen LogP contribution in [0.1, 0.15) is 29.0 Å². The maximum absolute atomic E-state index is 12.7. The third kappa shape index (κ3) is 2.83. The lowest BCUT2D eigenvalue weighted by molar-refractivity contribution is -0.144. The van der Waals surface area contributed by atoms with Crippen molar-refractivity contribution in [2.75, 3.05) is 13.2 Å². The molecule has 0 bridgehead atoms. The van der Waals surface area contributed by atoms with Crippen LogP contribution in [0.15, 0.2) is 41.8 Å². The molecule has 26 heavy (non-hydrogen) atoms. The molecule has 0 spiro atoms. The van der Waals surface area contributed by atoms with Crippen LogP contribution in [0.2, 0.25) is 0 Å². The van der Waals surface area contributed by atoms with E-state index in [2.05, 4.69) is 23.3 Å². The SMILES string of the molecule is C[C@@H]1c2ccsc2CCN1CN1C(=O)C(=O)N(Cc2ccccc2)C1=O. The number of thiophene rings is 1. The van der Waals surface area contributed by atoms with E-state index < -0.39 is 17.8 Å². The summed E-state index contributed by atoms with van der Waals surface area (Å²) in [6, 6.07) is 10.9. The molecule has 2 aliphatic heterocycles. The number of fused-ring (bicyclic) bond motifs is 1. The highest BCUT2D eigenvalue weighted by molar-refractivity contribution is 7.10. The molecular formula is C19H19N3O3S. The van der Waals surface area contributed by atoms with Crippen molar-refractivity contribution in [1.29, 1.82) is 0 Å². The van der Waals surface area contributed by atoms with Gasteiger partial charge in [0, 0.05) is 17.5 Å². The van der Waals surface area contributed by atoms with Crippen LogP contribution in [-0.2, 0) is 22.6 Å². The molecule has 4 rings (SSSR count). The maximum Gasteiger partial charge on any atom is 0.335 e. The topological polar surface area (TPSA) is 60.9 Å². The van der Waals surface area contributed by atoms with Crippen molar-refractivity contribution >= 4 is 29.2 Å². The van der Waals surface area contributed by atoms with Crippen LogP contribution in [0, 0.1) is 0 Å². The fraction of sp³-hybridized carbons (Fsp3) is 0.316. The number of carbonyl (C=O) groups is 3. The van der Waals surface area contributed by atoms with E-state index in [1.54, 1.807) is 11.3 Å². The van der Waals surface area contributed by atoms with Gasteiger partial charge in [-0.3, -0.25) is 19.4 Å². The van der Waals surface area contributed by atoms with Gasteiger partial charge >= 0.3 is 17.8 Å². The summed E-state index contributed by atoms with van der Waals surface area (Å²) in [5.41, 5.74) is 2.06. The Labute approximate surface area is 155 Å². The average molecular weight is 369 g/mol. The van der Waals surface area contributed by atoms with Crippen LogP contribution in [0.5, 0.6) is 0 Å². The van der Waals surface area contributed by atoms with Crippen molar-refractivity contribution < 1.29 is 14.4 Å². The molecule has 7 heteroatoms. The fourth-order valence-electron chi connectivity index (χ4n) is 3.52. The first-order chi connectivity index (χ1) is 12.6. The third-order valence-corrected chi connectivity index (χ3v) is 6.04. The van der Waals surface area contributed by atoms with Crippen molar-refractivity contribution in [3.63, 3.8) is 0 Å². The molecule has 0 saturated carbocycles. The minimum atomic E-state index is -0.750. The molecule has 1 aromatic carbocycles. The normalized spacial score (nSPS) is 20.8. The largest absolute Gasteiger partial charge is 0.335 e. The second-order valence-electron chi connectivity index (χ2n) is 6.57. The number of rotatable bonds is 4. The van der Waals surface area contributed by atoms with Gasteiger partial charge < -0.3 is 0 Å². The minimum absolute atomic E-state index is 0.115. The number of amides is 4. The second-order valence-corrected chi connectivity index (χ2v) is 7.57. The van der Waals surface area contributed by atoms with E-state index in [9.17, 15) is 14.4 Å². The maximum atomic E-state index is 12.7. The Morgan fingerprint density at radius 1 is 1.04 bits per heavy atom. The number of hydrogen-bond acceptors (Lipinski definition) is 5. The van der Waals surface area contributed by atoms with E-state index >= 15 is 0 Å². The quantitative estimate of drug-likeness (QED) is 0.614. The lowest BCUT2D eigenvalue weighted by Crippen LogP contribution is -2.45. The van der Waals surface area contributed by atoms with Gasteiger partial charge in [0.2, 0.25) is 0 Å². The number of urea groups is 1. The highest BCUT2D eigenvalue weighted by Crippen LogP contribution is 2.33. The van der Waals surface area contributed by atoms with Gasteiger partial charge in [-0.25, -0.2) is 9.69 Å². The Morgan fingerprint density at radius 3 is 2.54 bits per heavy atom. The zero-order valence-corrected chi connectivity index (χ0v) is 15.2. The van der Waals surface area contributed by atoms with Gasteiger partial charge in [-0.15, -0.1) is 11.3 Å². The minimum Gasteiger partial charge on any atom is -0.278 e. The van der Waals surface area contributed by atoms with Crippen LogP contribution in [-0.4, -0.2) is 45.8 Å². The number of hydrogen-bond donors (Lipinski definition) is 0. The molecule has 0 unspecified atom stereocenters. The second kappa shape index (κ2) is 6.66. The number of carbonyl (C=O) groups excluding carboxylic acids is 3. The predicted octanol–water partition coefficient (Wildman–Crippen LogP) is 2.62. The molecule has 6 nitrogen and oxygen atoms in total. The zero-order valence-electron chi connectivity index (χ0n) is 14.4. The molecule has 0 aliphatic carbocycles. The first-order valence-corrected chi connectivity index (χ1v) is 9.46. The fourth-order valence-corrected chi connectivity index (χ4v) is 4.48. The van der Waals surface area contributed by atoms with Gasteiger partial charge in [0.25, 0.3) is 0 Å². The number of nitrogens with zero attached hydrogens (tertiary/aromatic N) is 3. The number of benzene rings is 1. The Balaban J connectivity index is 1.50. The molecule has 4 amide bonds.